The first-order chi connectivity index (χ1) is 5.27. The molecule has 0 radical (unpaired) electrons. The van der Waals surface area contributed by atoms with Crippen LogP contribution < -0.4 is 0 Å². The average molecular weight is 148 g/mol. The first-order valence-electron chi connectivity index (χ1n) is 4.06. The quantitative estimate of drug-likeness (QED) is 0.648. The van der Waals surface area contributed by atoms with E-state index in [2.05, 4.69) is 6.92 Å². The molecule has 1 saturated carbocycles. The number of phenolic OH excluding ortho intramolecular Hbond substituents is 1. The van der Waals surface area contributed by atoms with Crippen LogP contribution >= 0.6 is 0 Å². The van der Waals surface area contributed by atoms with Crippen LogP contribution in [0.25, 0.3) is 0 Å². The monoisotopic (exact) mass is 148 g/mol. The van der Waals surface area contributed by atoms with Crippen molar-refractivity contribution in [2.75, 3.05) is 0 Å². The van der Waals surface area contributed by atoms with E-state index in [1.165, 1.54) is 12.0 Å². The summed E-state index contributed by atoms with van der Waals surface area (Å²) in [4.78, 5) is 0. The molecular weight excluding hydrogens is 136 g/mol. The molecule has 0 unspecified atom stereocenters. The van der Waals surface area contributed by atoms with Crippen molar-refractivity contribution in [2.45, 2.75) is 19.3 Å². The maximum atomic E-state index is 9.02. The van der Waals surface area contributed by atoms with Gasteiger partial charge in [0.2, 0.25) is 0 Å². The molecule has 1 nitrogen and oxygen atoms in total. The van der Waals surface area contributed by atoms with Crippen LogP contribution in [-0.2, 0) is 0 Å². The third-order valence-corrected chi connectivity index (χ3v) is 2.43. The van der Waals surface area contributed by atoms with Gasteiger partial charge in [0.15, 0.2) is 0 Å². The van der Waals surface area contributed by atoms with E-state index in [0.717, 1.165) is 11.8 Å². The summed E-state index contributed by atoms with van der Waals surface area (Å²) in [5.74, 6) is 1.97. The predicted octanol–water partition coefficient (Wildman–Crippen LogP) is 2.52. The summed E-state index contributed by atoms with van der Waals surface area (Å²) in [7, 11) is 0. The Bertz CT molecular complexity index is 250. The lowest BCUT2D eigenvalue weighted by molar-refractivity contribution is 0.475. The summed E-state index contributed by atoms with van der Waals surface area (Å²) in [6.07, 6.45) is 1.31. The van der Waals surface area contributed by atoms with E-state index in [1.54, 1.807) is 12.1 Å². The van der Waals surface area contributed by atoms with Crippen molar-refractivity contribution in [3.05, 3.63) is 29.8 Å². The van der Waals surface area contributed by atoms with Gasteiger partial charge in [0.25, 0.3) is 0 Å². The SMILES string of the molecule is C[C@H]1C[C@@H]1c1ccc(O)cc1. The number of hydrogen-bond donors (Lipinski definition) is 1. The second-order valence-electron chi connectivity index (χ2n) is 3.41. The van der Waals surface area contributed by atoms with E-state index in [0.29, 0.717) is 5.75 Å². The van der Waals surface area contributed by atoms with Gasteiger partial charge >= 0.3 is 0 Å². The van der Waals surface area contributed by atoms with Gasteiger partial charge in [-0.1, -0.05) is 19.1 Å². The van der Waals surface area contributed by atoms with Gasteiger partial charge in [0.1, 0.15) is 5.75 Å². The standard InChI is InChI=1S/C10H12O/c1-7-6-10(7)8-2-4-9(11)5-3-8/h2-5,7,10-11H,6H2,1H3/t7-,10-/m0/s1. The molecule has 0 saturated heterocycles. The van der Waals surface area contributed by atoms with E-state index in [4.69, 9.17) is 5.11 Å². The van der Waals surface area contributed by atoms with Gasteiger partial charge in [-0.25, -0.2) is 0 Å². The van der Waals surface area contributed by atoms with Gasteiger partial charge < -0.3 is 5.11 Å². The fraction of sp³-hybridized carbons (Fsp3) is 0.400. The highest BCUT2D eigenvalue weighted by Gasteiger charge is 2.33. The minimum absolute atomic E-state index is 0.363. The first-order valence-corrected chi connectivity index (χ1v) is 4.06. The summed E-state index contributed by atoms with van der Waals surface area (Å²) < 4.78 is 0. The van der Waals surface area contributed by atoms with Crippen LogP contribution in [0.15, 0.2) is 24.3 Å². The van der Waals surface area contributed by atoms with Gasteiger partial charge in [-0.05, 0) is 36.0 Å². The van der Waals surface area contributed by atoms with E-state index in [9.17, 15) is 0 Å². The first kappa shape index (κ1) is 6.71. The second-order valence-corrected chi connectivity index (χ2v) is 3.41. The third-order valence-electron chi connectivity index (χ3n) is 2.43. The molecule has 2 rings (SSSR count). The molecule has 1 N–H and O–H groups in total. The number of hydrogen-bond acceptors (Lipinski definition) is 1. The number of aromatic hydroxyl groups is 1. The molecule has 1 aromatic carbocycles. The zero-order valence-corrected chi connectivity index (χ0v) is 6.62. The number of phenols is 1. The Labute approximate surface area is 66.7 Å². The van der Waals surface area contributed by atoms with Crippen molar-refractivity contribution >= 4 is 0 Å². The van der Waals surface area contributed by atoms with E-state index in [-0.39, 0.29) is 0 Å². The highest BCUT2D eigenvalue weighted by molar-refractivity contribution is 5.31. The lowest BCUT2D eigenvalue weighted by Crippen LogP contribution is -1.78. The Kier molecular flexibility index (Phi) is 1.38. The van der Waals surface area contributed by atoms with Crippen LogP contribution in [0.1, 0.15) is 24.8 Å². The molecule has 1 aromatic rings. The number of rotatable bonds is 1. The second kappa shape index (κ2) is 2.26. The predicted molar refractivity (Wildman–Crippen MR) is 44.6 cm³/mol. The van der Waals surface area contributed by atoms with Crippen molar-refractivity contribution in [3.63, 3.8) is 0 Å². The molecule has 11 heavy (non-hydrogen) atoms. The molecule has 0 aliphatic heterocycles. The minimum Gasteiger partial charge on any atom is -0.508 e. The summed E-state index contributed by atoms with van der Waals surface area (Å²) >= 11 is 0. The van der Waals surface area contributed by atoms with Gasteiger partial charge in [-0.15, -0.1) is 0 Å². The lowest BCUT2D eigenvalue weighted by Gasteiger charge is -1.97. The van der Waals surface area contributed by atoms with Crippen LogP contribution in [0, 0.1) is 5.92 Å². The van der Waals surface area contributed by atoms with Crippen LogP contribution in [0.4, 0.5) is 0 Å². The largest absolute Gasteiger partial charge is 0.508 e. The van der Waals surface area contributed by atoms with Crippen LogP contribution in [0.5, 0.6) is 5.75 Å². The highest BCUT2D eigenvalue weighted by atomic mass is 16.3. The molecule has 0 bridgehead atoms. The molecule has 1 aliphatic carbocycles. The molecule has 0 amide bonds. The van der Waals surface area contributed by atoms with Crippen molar-refractivity contribution in [2.24, 2.45) is 5.92 Å². The smallest absolute Gasteiger partial charge is 0.115 e. The molecule has 1 fully saturated rings. The van der Waals surface area contributed by atoms with Crippen molar-refractivity contribution in [3.8, 4) is 5.75 Å². The van der Waals surface area contributed by atoms with E-state index < -0.39 is 0 Å². The summed E-state index contributed by atoms with van der Waals surface area (Å²) in [6, 6.07) is 7.56. The molecular formula is C10H12O. The highest BCUT2D eigenvalue weighted by Crippen LogP contribution is 2.46. The molecule has 58 valence electrons. The average Bonchev–Trinajstić information content (AvgIpc) is 2.69. The summed E-state index contributed by atoms with van der Waals surface area (Å²) in [6.45, 7) is 2.26. The van der Waals surface area contributed by atoms with Gasteiger partial charge in [0.05, 0.1) is 0 Å². The molecule has 0 aromatic heterocycles. The van der Waals surface area contributed by atoms with Gasteiger partial charge in [-0.2, -0.15) is 0 Å². The Morgan fingerprint density at radius 1 is 1.27 bits per heavy atom. The zero-order valence-electron chi connectivity index (χ0n) is 6.62. The summed E-state index contributed by atoms with van der Waals surface area (Å²) in [5, 5.41) is 9.02. The Morgan fingerprint density at radius 2 is 1.82 bits per heavy atom. The topological polar surface area (TPSA) is 20.2 Å². The van der Waals surface area contributed by atoms with Crippen LogP contribution in [0.3, 0.4) is 0 Å². The Balaban J connectivity index is 2.21. The molecule has 2 atom stereocenters. The minimum atomic E-state index is 0.363. The van der Waals surface area contributed by atoms with Crippen molar-refractivity contribution in [1.29, 1.82) is 0 Å². The molecule has 1 heteroatoms. The maximum Gasteiger partial charge on any atom is 0.115 e. The van der Waals surface area contributed by atoms with E-state index in [1.807, 2.05) is 12.1 Å². The molecule has 1 aliphatic rings. The number of benzene rings is 1. The Morgan fingerprint density at radius 3 is 2.27 bits per heavy atom. The Hall–Kier alpha value is -0.980. The van der Waals surface area contributed by atoms with Gasteiger partial charge in [-0.3, -0.25) is 0 Å². The maximum absolute atomic E-state index is 9.02. The molecule has 0 spiro atoms. The third kappa shape index (κ3) is 1.23. The van der Waals surface area contributed by atoms with Crippen molar-refractivity contribution < 1.29 is 5.11 Å². The van der Waals surface area contributed by atoms with Crippen molar-refractivity contribution in [1.82, 2.24) is 0 Å². The fourth-order valence-corrected chi connectivity index (χ4v) is 1.51. The lowest BCUT2D eigenvalue weighted by atomic mass is 10.1. The zero-order chi connectivity index (χ0) is 7.84. The fourth-order valence-electron chi connectivity index (χ4n) is 1.51. The molecule has 0 heterocycles. The van der Waals surface area contributed by atoms with Gasteiger partial charge in [0, 0.05) is 0 Å². The van der Waals surface area contributed by atoms with Crippen LogP contribution in [0.2, 0.25) is 0 Å². The normalized spacial score (nSPS) is 28.5. The van der Waals surface area contributed by atoms with E-state index >= 15 is 0 Å². The summed E-state index contributed by atoms with van der Waals surface area (Å²) in [5.41, 5.74) is 1.37. The van der Waals surface area contributed by atoms with Crippen LogP contribution in [-0.4, -0.2) is 5.11 Å².